The average molecular weight is 448 g/mol. The monoisotopic (exact) mass is 447 g/mol. The number of rotatable bonds is 5. The van der Waals surface area contributed by atoms with Crippen LogP contribution in [0.1, 0.15) is 36.0 Å². The molecule has 0 atom stereocenters. The molecule has 0 saturated heterocycles. The number of para-hydroxylation sites is 1. The third kappa shape index (κ3) is 5.22. The third-order valence-corrected chi connectivity index (χ3v) is 5.49. The maximum atomic E-state index is 13.3. The highest BCUT2D eigenvalue weighted by atomic mass is 35.5. The fourth-order valence-corrected chi connectivity index (χ4v) is 3.88. The highest BCUT2D eigenvalue weighted by molar-refractivity contribution is 5.94. The summed E-state index contributed by atoms with van der Waals surface area (Å²) in [5, 5.41) is 7.36. The first-order chi connectivity index (χ1) is 14.5. The summed E-state index contributed by atoms with van der Waals surface area (Å²) in [4.78, 5) is 17.0. The number of benzene rings is 2. The summed E-state index contributed by atoms with van der Waals surface area (Å²) < 4.78 is 31.9. The Bertz CT molecular complexity index is 1070. The van der Waals surface area contributed by atoms with Crippen molar-refractivity contribution in [3.63, 3.8) is 0 Å². The molecule has 31 heavy (non-hydrogen) atoms. The van der Waals surface area contributed by atoms with Crippen molar-refractivity contribution in [1.29, 1.82) is 0 Å². The summed E-state index contributed by atoms with van der Waals surface area (Å²) >= 11 is 0. The number of fused-ring (bicyclic) bond motifs is 1. The van der Waals surface area contributed by atoms with Gasteiger partial charge in [-0.05, 0) is 56.0 Å². The second kappa shape index (κ2) is 9.92. The smallest absolute Gasteiger partial charge is 0.251 e. The molecule has 5 nitrogen and oxygen atoms in total. The van der Waals surface area contributed by atoms with Crippen LogP contribution in [0.5, 0.6) is 5.75 Å². The van der Waals surface area contributed by atoms with Gasteiger partial charge in [-0.25, -0.2) is 13.8 Å². The molecule has 1 aliphatic carbocycles. The maximum Gasteiger partial charge on any atom is 0.251 e. The molecule has 164 valence electrons. The van der Waals surface area contributed by atoms with Crippen molar-refractivity contribution < 1.29 is 18.3 Å². The molecule has 3 aromatic rings. The number of hydrogen-bond donors (Lipinski definition) is 2. The molecular weight excluding hydrogens is 424 g/mol. The minimum Gasteiger partial charge on any atom is -0.496 e. The van der Waals surface area contributed by atoms with Gasteiger partial charge >= 0.3 is 0 Å². The van der Waals surface area contributed by atoms with Gasteiger partial charge in [-0.1, -0.05) is 12.1 Å². The number of methoxy groups -OCH3 is 1. The molecule has 1 aliphatic rings. The topological polar surface area (TPSA) is 63.2 Å². The van der Waals surface area contributed by atoms with E-state index < -0.39 is 11.6 Å². The Balaban J connectivity index is 0.00000272. The fourth-order valence-electron chi connectivity index (χ4n) is 3.88. The minimum absolute atomic E-state index is 0. The molecule has 2 aromatic carbocycles. The second-order valence-corrected chi connectivity index (χ2v) is 7.52. The van der Waals surface area contributed by atoms with E-state index in [0.29, 0.717) is 0 Å². The van der Waals surface area contributed by atoms with Crippen LogP contribution in [0.25, 0.3) is 10.9 Å². The SMILES string of the molecule is COc1cc(N[C@H]2CC[C@@H](NC(=O)c3ccc(F)c(F)c3)CC2)nc2ccccc12.Cl. The molecule has 1 heterocycles. The van der Waals surface area contributed by atoms with Crippen molar-refractivity contribution in [2.24, 2.45) is 0 Å². The lowest BCUT2D eigenvalue weighted by Gasteiger charge is -2.30. The molecule has 1 fully saturated rings. The fraction of sp³-hybridized carbons (Fsp3) is 0.304. The molecule has 0 spiro atoms. The molecule has 8 heteroatoms. The summed E-state index contributed by atoms with van der Waals surface area (Å²) in [5.74, 6) is -0.826. The van der Waals surface area contributed by atoms with Crippen molar-refractivity contribution in [2.45, 2.75) is 37.8 Å². The van der Waals surface area contributed by atoms with Crippen LogP contribution < -0.4 is 15.4 Å². The summed E-state index contributed by atoms with van der Waals surface area (Å²) in [6, 6.07) is 13.2. The van der Waals surface area contributed by atoms with Crippen LogP contribution in [0.2, 0.25) is 0 Å². The van der Waals surface area contributed by atoms with Gasteiger partial charge < -0.3 is 15.4 Å². The van der Waals surface area contributed by atoms with E-state index in [1.54, 1.807) is 7.11 Å². The number of amides is 1. The van der Waals surface area contributed by atoms with Gasteiger partial charge in [0.2, 0.25) is 0 Å². The number of ether oxygens (including phenoxy) is 1. The van der Waals surface area contributed by atoms with E-state index in [1.165, 1.54) is 6.07 Å². The average Bonchev–Trinajstić information content (AvgIpc) is 2.76. The normalized spacial score (nSPS) is 18.2. The molecule has 4 rings (SSSR count). The third-order valence-electron chi connectivity index (χ3n) is 5.49. The van der Waals surface area contributed by atoms with Gasteiger partial charge in [-0.15, -0.1) is 12.4 Å². The number of halogens is 3. The summed E-state index contributed by atoms with van der Waals surface area (Å²) in [6.45, 7) is 0. The molecule has 2 N–H and O–H groups in total. The van der Waals surface area contributed by atoms with E-state index in [2.05, 4.69) is 15.6 Å². The van der Waals surface area contributed by atoms with Crippen LogP contribution in [0.4, 0.5) is 14.6 Å². The highest BCUT2D eigenvalue weighted by Gasteiger charge is 2.23. The Hall–Kier alpha value is -2.93. The first kappa shape index (κ1) is 22.7. The number of aromatic nitrogens is 1. The molecule has 0 aliphatic heterocycles. The van der Waals surface area contributed by atoms with Crippen LogP contribution >= 0.6 is 12.4 Å². The number of nitrogens with zero attached hydrogens (tertiary/aromatic N) is 1. The van der Waals surface area contributed by atoms with Crippen LogP contribution in [0.3, 0.4) is 0 Å². The highest BCUT2D eigenvalue weighted by Crippen LogP contribution is 2.29. The first-order valence-electron chi connectivity index (χ1n) is 9.99. The lowest BCUT2D eigenvalue weighted by atomic mass is 9.91. The quantitative estimate of drug-likeness (QED) is 0.571. The van der Waals surface area contributed by atoms with Gasteiger partial charge in [0.25, 0.3) is 5.91 Å². The molecular formula is C23H24ClF2N3O2. The van der Waals surface area contributed by atoms with Gasteiger partial charge in [0, 0.05) is 29.1 Å². The molecule has 1 aromatic heterocycles. The lowest BCUT2D eigenvalue weighted by Crippen LogP contribution is -2.40. The van der Waals surface area contributed by atoms with E-state index in [4.69, 9.17) is 4.74 Å². The first-order valence-corrected chi connectivity index (χ1v) is 9.99. The van der Waals surface area contributed by atoms with Crippen molar-refractivity contribution in [2.75, 3.05) is 12.4 Å². The van der Waals surface area contributed by atoms with Crippen molar-refractivity contribution >= 4 is 35.0 Å². The van der Waals surface area contributed by atoms with Crippen LogP contribution in [0.15, 0.2) is 48.5 Å². The van der Waals surface area contributed by atoms with Crippen LogP contribution in [-0.4, -0.2) is 30.1 Å². The Kier molecular flexibility index (Phi) is 7.28. The van der Waals surface area contributed by atoms with E-state index in [-0.39, 0.29) is 36.0 Å². The molecule has 0 radical (unpaired) electrons. The van der Waals surface area contributed by atoms with Crippen molar-refractivity contribution in [1.82, 2.24) is 10.3 Å². The van der Waals surface area contributed by atoms with Gasteiger partial charge in [-0.3, -0.25) is 4.79 Å². The number of carbonyl (C=O) groups is 1. The van der Waals surface area contributed by atoms with Crippen molar-refractivity contribution in [3.8, 4) is 5.75 Å². The van der Waals surface area contributed by atoms with Gasteiger partial charge in [0.05, 0.1) is 12.6 Å². The Morgan fingerprint density at radius 2 is 1.71 bits per heavy atom. The lowest BCUT2D eigenvalue weighted by molar-refractivity contribution is 0.0926. The Labute approximate surface area is 185 Å². The predicted octanol–water partition coefficient (Wildman–Crippen LogP) is 5.10. The zero-order valence-electron chi connectivity index (χ0n) is 17.0. The number of anilines is 1. The zero-order chi connectivity index (χ0) is 21.1. The molecule has 0 bridgehead atoms. The number of nitrogens with one attached hydrogen (secondary N) is 2. The van der Waals surface area contributed by atoms with E-state index in [9.17, 15) is 13.6 Å². The Morgan fingerprint density at radius 1 is 1.00 bits per heavy atom. The number of pyridine rings is 1. The van der Waals surface area contributed by atoms with E-state index in [1.807, 2.05) is 30.3 Å². The summed E-state index contributed by atoms with van der Waals surface area (Å²) in [6.07, 6.45) is 3.30. The number of carbonyl (C=O) groups excluding carboxylic acids is 1. The van der Waals surface area contributed by atoms with Gasteiger partial charge in [-0.2, -0.15) is 0 Å². The standard InChI is InChI=1S/C23H23F2N3O2.ClH/c1-30-21-13-22(28-20-5-3-2-4-17(20)21)26-15-7-9-16(10-8-15)27-23(29)14-6-11-18(24)19(25)12-14;/h2-6,11-13,15-16H,7-10H2,1H3,(H,26,28)(H,27,29);1H/t15-,16+;. The molecule has 1 saturated carbocycles. The van der Waals surface area contributed by atoms with E-state index >= 15 is 0 Å². The van der Waals surface area contributed by atoms with Crippen molar-refractivity contribution in [3.05, 3.63) is 65.7 Å². The maximum absolute atomic E-state index is 13.3. The minimum atomic E-state index is -1.02. The zero-order valence-corrected chi connectivity index (χ0v) is 17.8. The molecule has 0 unspecified atom stereocenters. The second-order valence-electron chi connectivity index (χ2n) is 7.52. The van der Waals surface area contributed by atoms with Gasteiger partial charge in [0.1, 0.15) is 11.6 Å². The largest absolute Gasteiger partial charge is 0.496 e. The van der Waals surface area contributed by atoms with Crippen LogP contribution in [-0.2, 0) is 0 Å². The summed E-state index contributed by atoms with van der Waals surface area (Å²) in [5.41, 5.74) is 0.994. The summed E-state index contributed by atoms with van der Waals surface area (Å²) in [7, 11) is 1.65. The predicted molar refractivity (Wildman–Crippen MR) is 119 cm³/mol. The van der Waals surface area contributed by atoms with Gasteiger partial charge in [0.15, 0.2) is 11.6 Å². The Morgan fingerprint density at radius 3 is 2.42 bits per heavy atom. The molecule has 1 amide bonds. The van der Waals surface area contributed by atoms with Crippen LogP contribution in [0, 0.1) is 11.6 Å². The number of hydrogen-bond acceptors (Lipinski definition) is 4. The van der Waals surface area contributed by atoms with E-state index in [0.717, 1.165) is 60.3 Å².